The second-order valence-corrected chi connectivity index (χ2v) is 7.84. The molecule has 0 fully saturated rings. The Kier molecular flexibility index (Phi) is 6.35. The molecule has 1 atom stereocenters. The predicted octanol–water partition coefficient (Wildman–Crippen LogP) is 1.33. The number of halogens is 1. The first-order valence-electron chi connectivity index (χ1n) is 6.18. The minimum Gasteiger partial charge on any atom is -0.345 e. The van der Waals surface area contributed by atoms with Gasteiger partial charge in [0.1, 0.15) is 15.9 Å². The van der Waals surface area contributed by atoms with Gasteiger partial charge >= 0.3 is 0 Å². The highest BCUT2D eigenvalue weighted by molar-refractivity contribution is 9.10. The Morgan fingerprint density at radius 2 is 1.81 bits per heavy atom. The van der Waals surface area contributed by atoms with Crippen molar-refractivity contribution in [3.63, 3.8) is 0 Å². The lowest BCUT2D eigenvalue weighted by molar-refractivity contribution is -0.125. The van der Waals surface area contributed by atoms with E-state index >= 15 is 0 Å². The molecule has 0 spiro atoms. The normalized spacial score (nSPS) is 12.5. The van der Waals surface area contributed by atoms with Crippen LogP contribution < -0.4 is 10.6 Å². The number of benzene rings is 1. The molecule has 0 saturated heterocycles. The zero-order valence-corrected chi connectivity index (χ0v) is 14.1. The molecular formula is C13H17BrN2O4S. The van der Waals surface area contributed by atoms with Crippen molar-refractivity contribution in [3.8, 4) is 0 Å². The summed E-state index contributed by atoms with van der Waals surface area (Å²) in [7, 11) is -3.20. The van der Waals surface area contributed by atoms with Crippen LogP contribution in [0.15, 0.2) is 28.7 Å². The standard InChI is InChI=1S/C13H17BrN2O4S/c1-9(17)15-12(7-8-21(2,19)20)13(18)16-11-5-3-10(14)4-6-11/h3-6,12H,7-8H2,1-2H3,(H,15,17)(H,16,18)/t12-/m0/s1. The third-order valence-corrected chi connectivity index (χ3v) is 4.09. The molecular weight excluding hydrogens is 360 g/mol. The molecule has 0 radical (unpaired) electrons. The van der Waals surface area contributed by atoms with Crippen molar-refractivity contribution in [3.05, 3.63) is 28.7 Å². The highest BCUT2D eigenvalue weighted by atomic mass is 79.9. The highest BCUT2D eigenvalue weighted by Gasteiger charge is 2.21. The lowest BCUT2D eigenvalue weighted by Crippen LogP contribution is -2.43. The van der Waals surface area contributed by atoms with Crippen molar-refractivity contribution in [2.24, 2.45) is 0 Å². The number of amides is 2. The van der Waals surface area contributed by atoms with Crippen molar-refractivity contribution in [2.45, 2.75) is 19.4 Å². The van der Waals surface area contributed by atoms with Gasteiger partial charge in [-0.3, -0.25) is 9.59 Å². The largest absolute Gasteiger partial charge is 0.345 e. The van der Waals surface area contributed by atoms with Crippen molar-refractivity contribution < 1.29 is 18.0 Å². The Hall–Kier alpha value is -1.41. The van der Waals surface area contributed by atoms with Gasteiger partial charge in [0.25, 0.3) is 0 Å². The fraction of sp³-hybridized carbons (Fsp3) is 0.385. The van der Waals surface area contributed by atoms with Crippen LogP contribution in [0.1, 0.15) is 13.3 Å². The Balaban J connectivity index is 2.74. The first-order valence-corrected chi connectivity index (χ1v) is 9.04. The Morgan fingerprint density at radius 3 is 2.29 bits per heavy atom. The summed E-state index contributed by atoms with van der Waals surface area (Å²) in [5, 5.41) is 5.10. The van der Waals surface area contributed by atoms with Gasteiger partial charge in [0.05, 0.1) is 5.75 Å². The molecule has 0 saturated carbocycles. The van der Waals surface area contributed by atoms with Gasteiger partial charge in [0, 0.05) is 23.3 Å². The summed E-state index contributed by atoms with van der Waals surface area (Å²) in [4.78, 5) is 23.3. The maximum atomic E-state index is 12.1. The van der Waals surface area contributed by atoms with E-state index in [1.54, 1.807) is 24.3 Å². The van der Waals surface area contributed by atoms with Gasteiger partial charge in [-0.05, 0) is 30.7 Å². The number of carbonyl (C=O) groups is 2. The second-order valence-electron chi connectivity index (χ2n) is 4.67. The van der Waals surface area contributed by atoms with E-state index in [1.807, 2.05) is 0 Å². The van der Waals surface area contributed by atoms with Crippen molar-refractivity contribution in [1.29, 1.82) is 0 Å². The molecule has 8 heteroatoms. The number of nitrogens with one attached hydrogen (secondary N) is 2. The molecule has 0 aliphatic heterocycles. The molecule has 0 heterocycles. The first kappa shape index (κ1) is 17.6. The quantitative estimate of drug-likeness (QED) is 0.782. The predicted molar refractivity (Wildman–Crippen MR) is 84.7 cm³/mol. The first-order chi connectivity index (χ1) is 9.67. The Morgan fingerprint density at radius 1 is 1.24 bits per heavy atom. The van der Waals surface area contributed by atoms with Crippen LogP contribution in [0.3, 0.4) is 0 Å². The number of anilines is 1. The number of hydrogen-bond donors (Lipinski definition) is 2. The lowest BCUT2D eigenvalue weighted by atomic mass is 10.2. The molecule has 1 aromatic carbocycles. The van der Waals surface area contributed by atoms with Crippen LogP contribution in [0.2, 0.25) is 0 Å². The van der Waals surface area contributed by atoms with Crippen molar-refractivity contribution in [1.82, 2.24) is 5.32 Å². The second kappa shape index (κ2) is 7.56. The number of rotatable bonds is 6. The SMILES string of the molecule is CC(=O)N[C@@H](CCS(C)(=O)=O)C(=O)Nc1ccc(Br)cc1. The van der Waals surface area contributed by atoms with E-state index in [0.29, 0.717) is 5.69 Å². The van der Waals surface area contributed by atoms with E-state index < -0.39 is 21.8 Å². The number of carbonyl (C=O) groups excluding carboxylic acids is 2. The molecule has 21 heavy (non-hydrogen) atoms. The van der Waals surface area contributed by atoms with Gasteiger partial charge in [-0.1, -0.05) is 15.9 Å². The summed E-state index contributed by atoms with van der Waals surface area (Å²) in [5.74, 6) is -1.01. The van der Waals surface area contributed by atoms with Crippen LogP contribution in [-0.2, 0) is 19.4 Å². The van der Waals surface area contributed by atoms with Gasteiger partial charge in [-0.15, -0.1) is 0 Å². The zero-order chi connectivity index (χ0) is 16.0. The summed E-state index contributed by atoms with van der Waals surface area (Å²) in [5.41, 5.74) is 0.568. The molecule has 2 amide bonds. The fourth-order valence-electron chi connectivity index (χ4n) is 1.61. The van der Waals surface area contributed by atoms with Gasteiger partial charge in [-0.2, -0.15) is 0 Å². The maximum absolute atomic E-state index is 12.1. The van der Waals surface area contributed by atoms with E-state index in [2.05, 4.69) is 26.6 Å². The summed E-state index contributed by atoms with van der Waals surface area (Å²) in [6.07, 6.45) is 1.12. The summed E-state index contributed by atoms with van der Waals surface area (Å²) < 4.78 is 23.3. The van der Waals surface area contributed by atoms with E-state index in [9.17, 15) is 18.0 Å². The molecule has 1 rings (SSSR count). The van der Waals surface area contributed by atoms with E-state index in [-0.39, 0.29) is 18.1 Å². The minimum absolute atomic E-state index is 0.0285. The average Bonchev–Trinajstić information content (AvgIpc) is 2.35. The van der Waals surface area contributed by atoms with Gasteiger partial charge in [0.2, 0.25) is 11.8 Å². The van der Waals surface area contributed by atoms with Crippen LogP contribution in [0.25, 0.3) is 0 Å². The maximum Gasteiger partial charge on any atom is 0.246 e. The Labute approximate surface area is 132 Å². The molecule has 116 valence electrons. The van der Waals surface area contributed by atoms with Crippen LogP contribution in [0, 0.1) is 0 Å². The summed E-state index contributed by atoms with van der Waals surface area (Å²) >= 11 is 3.28. The van der Waals surface area contributed by atoms with Crippen molar-refractivity contribution in [2.75, 3.05) is 17.3 Å². The lowest BCUT2D eigenvalue weighted by Gasteiger charge is -2.17. The molecule has 0 aliphatic rings. The third kappa shape index (κ3) is 7.24. The number of hydrogen-bond acceptors (Lipinski definition) is 4. The smallest absolute Gasteiger partial charge is 0.246 e. The van der Waals surface area contributed by atoms with E-state index in [4.69, 9.17) is 0 Å². The van der Waals surface area contributed by atoms with Crippen LogP contribution in [0.4, 0.5) is 5.69 Å². The molecule has 0 bridgehead atoms. The van der Waals surface area contributed by atoms with Crippen LogP contribution in [0.5, 0.6) is 0 Å². The third-order valence-electron chi connectivity index (χ3n) is 2.58. The van der Waals surface area contributed by atoms with Crippen LogP contribution in [-0.4, -0.2) is 38.3 Å². The van der Waals surface area contributed by atoms with E-state index in [1.165, 1.54) is 6.92 Å². The Bertz CT molecular complexity index is 614. The molecule has 0 aromatic heterocycles. The summed E-state index contributed by atoms with van der Waals surface area (Å²) in [6.45, 7) is 1.28. The molecule has 0 aliphatic carbocycles. The van der Waals surface area contributed by atoms with Crippen molar-refractivity contribution >= 4 is 43.3 Å². The fourth-order valence-corrected chi connectivity index (χ4v) is 2.54. The monoisotopic (exact) mass is 376 g/mol. The number of sulfone groups is 1. The minimum atomic E-state index is -3.20. The molecule has 6 nitrogen and oxygen atoms in total. The molecule has 1 aromatic rings. The topological polar surface area (TPSA) is 92.3 Å². The van der Waals surface area contributed by atoms with Gasteiger partial charge in [0.15, 0.2) is 0 Å². The average molecular weight is 377 g/mol. The highest BCUT2D eigenvalue weighted by Crippen LogP contribution is 2.14. The zero-order valence-electron chi connectivity index (χ0n) is 11.7. The van der Waals surface area contributed by atoms with Crippen LogP contribution >= 0.6 is 15.9 Å². The summed E-state index contributed by atoms with van der Waals surface area (Å²) in [6, 6.07) is 6.03. The molecule has 2 N–H and O–H groups in total. The van der Waals surface area contributed by atoms with E-state index in [0.717, 1.165) is 10.7 Å². The van der Waals surface area contributed by atoms with Gasteiger partial charge in [-0.25, -0.2) is 8.42 Å². The molecule has 0 unspecified atom stereocenters. The van der Waals surface area contributed by atoms with Gasteiger partial charge < -0.3 is 10.6 Å².